The van der Waals surface area contributed by atoms with Crippen LogP contribution in [0.4, 0.5) is 4.79 Å². The van der Waals surface area contributed by atoms with Gasteiger partial charge in [-0.3, -0.25) is 21.3 Å². The standard InChI is InChI=1S/C8H14N4O3/c1-15-3-2-12-4-5(6(9)10)7(13)11-8(12)14/h5H,2-4H2,1H3,(H3,9,10)(H,11,13,14)/p+1/t5-/m1/s1. The number of nitrogens with zero attached hydrogens (tertiary/aromatic N) is 1. The number of methoxy groups -OCH3 is 1. The number of ether oxygens (including phenoxy) is 1. The summed E-state index contributed by atoms with van der Waals surface area (Å²) in [6.45, 7) is 1.01. The second-order valence-corrected chi connectivity index (χ2v) is 3.29. The lowest BCUT2D eigenvalue weighted by molar-refractivity contribution is -0.134. The van der Waals surface area contributed by atoms with Gasteiger partial charge in [0.2, 0.25) is 5.91 Å². The summed E-state index contributed by atoms with van der Waals surface area (Å²) in [6.07, 6.45) is 0. The number of carbonyl (C=O) groups excluding carboxylic acids is 2. The average Bonchev–Trinajstić information content (AvgIpc) is 2.16. The molecule has 7 nitrogen and oxygen atoms in total. The normalized spacial score (nSPS) is 21.4. The third-order valence-corrected chi connectivity index (χ3v) is 2.20. The van der Waals surface area contributed by atoms with Crippen LogP contribution in [0.25, 0.3) is 0 Å². The van der Waals surface area contributed by atoms with Crippen molar-refractivity contribution in [3.8, 4) is 0 Å². The molecule has 0 unspecified atom stereocenters. The molecule has 15 heavy (non-hydrogen) atoms. The summed E-state index contributed by atoms with van der Waals surface area (Å²) in [6, 6.07) is -0.436. The monoisotopic (exact) mass is 215 g/mol. The summed E-state index contributed by atoms with van der Waals surface area (Å²) in [5.74, 6) is -1.07. The lowest BCUT2D eigenvalue weighted by Gasteiger charge is -2.29. The van der Waals surface area contributed by atoms with Crippen LogP contribution in [0.3, 0.4) is 0 Å². The molecule has 0 spiro atoms. The Morgan fingerprint density at radius 1 is 1.73 bits per heavy atom. The molecule has 1 aliphatic rings. The highest BCUT2D eigenvalue weighted by molar-refractivity contribution is 6.08. The number of amides is 3. The maximum absolute atomic E-state index is 11.3. The fraction of sp³-hybridized carbons (Fsp3) is 0.625. The zero-order valence-electron chi connectivity index (χ0n) is 8.53. The number of imide groups is 1. The molecule has 1 rings (SSSR count). The summed E-state index contributed by atoms with van der Waals surface area (Å²) in [7, 11) is 1.54. The molecule has 1 saturated heterocycles. The van der Waals surface area contributed by atoms with Gasteiger partial charge in [-0.2, -0.15) is 0 Å². The molecule has 7 heteroatoms. The van der Waals surface area contributed by atoms with Crippen LogP contribution in [-0.4, -0.2) is 49.5 Å². The number of carbonyl (C=O) groups is 2. The molecule has 0 aromatic carbocycles. The molecule has 3 amide bonds. The second-order valence-electron chi connectivity index (χ2n) is 3.29. The van der Waals surface area contributed by atoms with Gasteiger partial charge in [0.05, 0.1) is 6.61 Å². The van der Waals surface area contributed by atoms with E-state index in [4.69, 9.17) is 15.9 Å². The molecule has 1 fully saturated rings. The first kappa shape index (κ1) is 11.4. The van der Waals surface area contributed by atoms with Gasteiger partial charge in [0, 0.05) is 20.2 Å². The van der Waals surface area contributed by atoms with Gasteiger partial charge in [-0.1, -0.05) is 0 Å². The second kappa shape index (κ2) is 4.74. The van der Waals surface area contributed by atoms with E-state index in [0.717, 1.165) is 0 Å². The summed E-state index contributed by atoms with van der Waals surface area (Å²) in [4.78, 5) is 24.1. The first-order valence-electron chi connectivity index (χ1n) is 4.52. The SMILES string of the molecule is COCCN1C[C@H](C(N)=[NH2+])C(=O)NC1=O. The van der Waals surface area contributed by atoms with Crippen molar-refractivity contribution in [3.63, 3.8) is 0 Å². The molecule has 84 valence electrons. The number of nitrogens with two attached hydrogens (primary N) is 2. The minimum atomic E-state index is -0.639. The lowest BCUT2D eigenvalue weighted by Crippen LogP contribution is -2.63. The fourth-order valence-electron chi connectivity index (χ4n) is 1.31. The first-order chi connectivity index (χ1) is 7.06. The summed E-state index contributed by atoms with van der Waals surface area (Å²) < 4.78 is 4.84. The van der Waals surface area contributed by atoms with E-state index in [1.807, 2.05) is 0 Å². The molecule has 0 aromatic heterocycles. The molecule has 5 N–H and O–H groups in total. The van der Waals surface area contributed by atoms with Crippen molar-refractivity contribution in [1.82, 2.24) is 10.2 Å². The van der Waals surface area contributed by atoms with E-state index in [1.165, 1.54) is 12.0 Å². The topological polar surface area (TPSA) is 110 Å². The minimum Gasteiger partial charge on any atom is -0.383 e. The van der Waals surface area contributed by atoms with Crippen LogP contribution in [0.5, 0.6) is 0 Å². The first-order valence-corrected chi connectivity index (χ1v) is 4.52. The predicted octanol–water partition coefficient (Wildman–Crippen LogP) is -3.08. The van der Waals surface area contributed by atoms with Crippen molar-refractivity contribution >= 4 is 17.8 Å². The molecule has 0 radical (unpaired) electrons. The van der Waals surface area contributed by atoms with Crippen LogP contribution >= 0.6 is 0 Å². The Bertz CT molecular complexity index is 292. The van der Waals surface area contributed by atoms with E-state index < -0.39 is 17.9 Å². The Kier molecular flexibility index (Phi) is 3.62. The maximum Gasteiger partial charge on any atom is 0.324 e. The molecule has 0 aliphatic carbocycles. The molecule has 0 saturated carbocycles. The van der Waals surface area contributed by atoms with E-state index in [1.54, 1.807) is 0 Å². The number of urea groups is 1. The predicted molar refractivity (Wildman–Crippen MR) is 51.6 cm³/mol. The maximum atomic E-state index is 11.3. The molecule has 1 atom stereocenters. The number of rotatable bonds is 4. The van der Waals surface area contributed by atoms with E-state index in [-0.39, 0.29) is 12.4 Å². The van der Waals surface area contributed by atoms with E-state index in [2.05, 4.69) is 5.32 Å². The molecule has 1 heterocycles. The summed E-state index contributed by atoms with van der Waals surface area (Å²) in [5, 5.41) is 7.54. The van der Waals surface area contributed by atoms with Gasteiger partial charge in [0.25, 0.3) is 5.84 Å². The van der Waals surface area contributed by atoms with Crippen molar-refractivity contribution < 1.29 is 19.7 Å². The lowest BCUT2D eigenvalue weighted by atomic mass is 10.1. The van der Waals surface area contributed by atoms with Crippen LogP contribution in [-0.2, 0) is 9.53 Å². The summed E-state index contributed by atoms with van der Waals surface area (Å²) in [5.41, 5.74) is 5.36. The molecule has 1 aliphatic heterocycles. The van der Waals surface area contributed by atoms with E-state index >= 15 is 0 Å². The highest BCUT2D eigenvalue weighted by Gasteiger charge is 2.36. The van der Waals surface area contributed by atoms with E-state index in [0.29, 0.717) is 13.2 Å². The van der Waals surface area contributed by atoms with E-state index in [9.17, 15) is 9.59 Å². The van der Waals surface area contributed by atoms with Crippen LogP contribution in [0.15, 0.2) is 0 Å². The van der Waals surface area contributed by atoms with Gasteiger partial charge in [-0.15, -0.1) is 0 Å². The van der Waals surface area contributed by atoms with Gasteiger partial charge in [-0.05, 0) is 0 Å². The molecular weight excluding hydrogens is 200 g/mol. The van der Waals surface area contributed by atoms with Crippen molar-refractivity contribution in [2.75, 3.05) is 26.8 Å². The van der Waals surface area contributed by atoms with Crippen molar-refractivity contribution in [2.45, 2.75) is 0 Å². The highest BCUT2D eigenvalue weighted by Crippen LogP contribution is 2.06. The molecular formula is C8H15N4O3+. The van der Waals surface area contributed by atoms with Crippen LogP contribution in [0, 0.1) is 5.92 Å². The van der Waals surface area contributed by atoms with Gasteiger partial charge in [-0.25, -0.2) is 4.79 Å². The Labute approximate surface area is 87.1 Å². The van der Waals surface area contributed by atoms with Crippen molar-refractivity contribution in [1.29, 1.82) is 0 Å². The zero-order valence-corrected chi connectivity index (χ0v) is 8.53. The van der Waals surface area contributed by atoms with Crippen LogP contribution in [0.2, 0.25) is 0 Å². The smallest absolute Gasteiger partial charge is 0.324 e. The Hall–Kier alpha value is -1.63. The largest absolute Gasteiger partial charge is 0.383 e. The number of amidine groups is 1. The van der Waals surface area contributed by atoms with Crippen molar-refractivity contribution in [2.24, 2.45) is 11.7 Å². The highest BCUT2D eigenvalue weighted by atomic mass is 16.5. The fourth-order valence-corrected chi connectivity index (χ4v) is 1.31. The van der Waals surface area contributed by atoms with Gasteiger partial charge >= 0.3 is 6.03 Å². The number of hydrogen-bond donors (Lipinski definition) is 3. The zero-order chi connectivity index (χ0) is 11.4. The number of hydrogen-bond acceptors (Lipinski definition) is 3. The van der Waals surface area contributed by atoms with Gasteiger partial charge < -0.3 is 9.64 Å². The third kappa shape index (κ3) is 2.66. The van der Waals surface area contributed by atoms with Crippen LogP contribution < -0.4 is 16.5 Å². The minimum absolute atomic E-state index is 0.0161. The van der Waals surface area contributed by atoms with Gasteiger partial charge in [0.1, 0.15) is 0 Å². The van der Waals surface area contributed by atoms with Gasteiger partial charge in [0.15, 0.2) is 5.92 Å². The quantitative estimate of drug-likeness (QED) is 0.341. The molecule has 0 bridgehead atoms. The average molecular weight is 215 g/mol. The van der Waals surface area contributed by atoms with Crippen LogP contribution in [0.1, 0.15) is 0 Å². The number of nitrogens with one attached hydrogen (secondary N) is 1. The summed E-state index contributed by atoms with van der Waals surface area (Å²) >= 11 is 0. The Morgan fingerprint density at radius 2 is 2.40 bits per heavy atom. The third-order valence-electron chi connectivity index (χ3n) is 2.20. The Balaban J connectivity index is 2.62. The van der Waals surface area contributed by atoms with Crippen molar-refractivity contribution in [3.05, 3.63) is 0 Å². The Morgan fingerprint density at radius 3 is 2.93 bits per heavy atom. The molecule has 0 aromatic rings.